The van der Waals surface area contributed by atoms with Crippen molar-refractivity contribution < 1.29 is 23.8 Å². The summed E-state index contributed by atoms with van der Waals surface area (Å²) in [5.41, 5.74) is 2.85. The van der Waals surface area contributed by atoms with Crippen LogP contribution in [-0.4, -0.2) is 22.7 Å². The molecule has 1 saturated heterocycles. The second-order valence-corrected chi connectivity index (χ2v) is 7.81. The number of phenolic OH excluding ortho intramolecular Hbond substituents is 1. The quantitative estimate of drug-likeness (QED) is 0.377. The molecule has 2 atom stereocenters. The lowest BCUT2D eigenvalue weighted by Gasteiger charge is -2.46. The van der Waals surface area contributed by atoms with Gasteiger partial charge >= 0.3 is 0 Å². The third-order valence-corrected chi connectivity index (χ3v) is 5.71. The van der Waals surface area contributed by atoms with E-state index in [1.807, 2.05) is 18.2 Å². The summed E-state index contributed by atoms with van der Waals surface area (Å²) in [6.45, 7) is -0.184. The number of allylic oxidation sites excluding steroid dienone is 2. The molecule has 6 heteroatoms. The highest BCUT2D eigenvalue weighted by molar-refractivity contribution is 6.04. The van der Waals surface area contributed by atoms with Gasteiger partial charge in [-0.15, -0.1) is 0 Å². The van der Waals surface area contributed by atoms with Crippen LogP contribution in [-0.2, 0) is 4.79 Å². The van der Waals surface area contributed by atoms with Crippen LogP contribution in [0, 0.1) is 17.6 Å². The number of phenols is 1. The molecule has 0 spiro atoms. The maximum absolute atomic E-state index is 13.4. The fourth-order valence-corrected chi connectivity index (χ4v) is 3.99. The van der Waals surface area contributed by atoms with Gasteiger partial charge in [0.15, 0.2) is 0 Å². The van der Waals surface area contributed by atoms with Crippen molar-refractivity contribution >= 4 is 17.2 Å². The van der Waals surface area contributed by atoms with Crippen LogP contribution in [0.3, 0.4) is 0 Å². The Hall–Kier alpha value is -3.77. The summed E-state index contributed by atoms with van der Waals surface area (Å²) >= 11 is 0. The molecule has 33 heavy (non-hydrogen) atoms. The van der Waals surface area contributed by atoms with Gasteiger partial charge < -0.3 is 15.1 Å². The predicted molar refractivity (Wildman–Crippen MR) is 123 cm³/mol. The highest BCUT2D eigenvalue weighted by atomic mass is 19.1. The van der Waals surface area contributed by atoms with Crippen molar-refractivity contribution in [3.8, 4) is 5.75 Å². The summed E-state index contributed by atoms with van der Waals surface area (Å²) in [6.07, 6.45) is 6.00. The van der Waals surface area contributed by atoms with Gasteiger partial charge in [-0.25, -0.2) is 8.78 Å². The molecular weight excluding hydrogens is 424 g/mol. The largest absolute Gasteiger partial charge is 0.508 e. The first-order chi connectivity index (χ1) is 16.0. The van der Waals surface area contributed by atoms with Gasteiger partial charge in [0.05, 0.1) is 18.6 Å². The number of carbonyl (C=O) groups is 1. The monoisotopic (exact) mass is 447 g/mol. The van der Waals surface area contributed by atoms with Gasteiger partial charge in [-0.05, 0) is 71.7 Å². The van der Waals surface area contributed by atoms with Crippen LogP contribution in [0.15, 0.2) is 91.0 Å². The Morgan fingerprint density at radius 1 is 0.909 bits per heavy atom. The predicted octanol–water partition coefficient (Wildman–Crippen LogP) is 5.40. The summed E-state index contributed by atoms with van der Waals surface area (Å²) in [4.78, 5) is 14.6. The molecule has 3 aromatic carbocycles. The SMILES string of the molecule is O=C1C(/C=C/C/C=C(\CO)c2ccc(F)cc2)[C@@H](c2ccc(O)cc2)N1c1ccc(F)cc1. The number of hydrogen-bond donors (Lipinski definition) is 2. The van der Waals surface area contributed by atoms with Gasteiger partial charge in [-0.1, -0.05) is 42.5 Å². The van der Waals surface area contributed by atoms with Crippen molar-refractivity contribution in [1.82, 2.24) is 0 Å². The molecule has 3 aromatic rings. The third-order valence-electron chi connectivity index (χ3n) is 5.71. The molecule has 2 N–H and O–H groups in total. The molecule has 1 aliphatic heterocycles. The molecule has 1 aliphatic rings. The number of amides is 1. The van der Waals surface area contributed by atoms with Crippen molar-refractivity contribution in [3.05, 3.63) is 114 Å². The first-order valence-electron chi connectivity index (χ1n) is 10.6. The zero-order chi connectivity index (χ0) is 23.4. The van der Waals surface area contributed by atoms with Gasteiger partial charge in [-0.3, -0.25) is 4.79 Å². The van der Waals surface area contributed by atoms with E-state index in [0.717, 1.165) is 11.1 Å². The second kappa shape index (κ2) is 9.79. The van der Waals surface area contributed by atoms with E-state index in [9.17, 15) is 23.8 Å². The number of nitrogens with zero attached hydrogens (tertiary/aromatic N) is 1. The molecule has 4 nitrogen and oxygen atoms in total. The molecule has 1 fully saturated rings. The Bertz CT molecular complexity index is 1170. The normalized spacial score (nSPS) is 18.6. The smallest absolute Gasteiger partial charge is 0.236 e. The molecule has 0 aliphatic carbocycles. The van der Waals surface area contributed by atoms with E-state index in [4.69, 9.17) is 0 Å². The zero-order valence-corrected chi connectivity index (χ0v) is 17.7. The highest BCUT2D eigenvalue weighted by Gasteiger charge is 2.47. The van der Waals surface area contributed by atoms with E-state index in [0.29, 0.717) is 17.7 Å². The Kier molecular flexibility index (Phi) is 6.66. The maximum Gasteiger partial charge on any atom is 0.236 e. The van der Waals surface area contributed by atoms with Crippen LogP contribution in [0.2, 0.25) is 0 Å². The zero-order valence-electron chi connectivity index (χ0n) is 17.7. The molecule has 1 heterocycles. The van der Waals surface area contributed by atoms with E-state index < -0.39 is 5.92 Å². The summed E-state index contributed by atoms with van der Waals surface area (Å²) < 4.78 is 26.5. The molecule has 1 amide bonds. The Labute approximate surface area is 190 Å². The number of aliphatic hydroxyl groups excluding tert-OH is 1. The standard InChI is InChI=1S/C27H23F2NO3/c28-21-9-5-18(6-10-21)20(17-31)3-1-2-4-25-26(19-7-15-24(32)16-8-19)30(27(25)33)23-13-11-22(29)12-14-23/h2-16,25-26,31-32H,1,17H2/b4-2+,20-3+/t25?,26-/m1/s1. The first-order valence-corrected chi connectivity index (χ1v) is 10.6. The van der Waals surface area contributed by atoms with Gasteiger partial charge in [0.2, 0.25) is 5.91 Å². The number of carbonyl (C=O) groups excluding carboxylic acids is 1. The van der Waals surface area contributed by atoms with Crippen LogP contribution in [0.5, 0.6) is 5.75 Å². The average molecular weight is 447 g/mol. The van der Waals surface area contributed by atoms with Crippen molar-refractivity contribution in [2.75, 3.05) is 11.5 Å². The molecule has 1 unspecified atom stereocenters. The molecule has 0 bridgehead atoms. The molecule has 0 saturated carbocycles. The Balaban J connectivity index is 1.54. The van der Waals surface area contributed by atoms with Crippen molar-refractivity contribution in [3.63, 3.8) is 0 Å². The molecule has 0 radical (unpaired) electrons. The molecule has 0 aromatic heterocycles. The van der Waals surface area contributed by atoms with Crippen molar-refractivity contribution in [2.24, 2.45) is 5.92 Å². The molecule has 4 rings (SSSR count). The minimum Gasteiger partial charge on any atom is -0.508 e. The topological polar surface area (TPSA) is 60.8 Å². The number of aliphatic hydroxyl groups is 1. The lowest BCUT2D eigenvalue weighted by molar-refractivity contribution is -0.128. The average Bonchev–Trinajstić information content (AvgIpc) is 2.82. The molecular formula is C27H23F2NO3. The van der Waals surface area contributed by atoms with Gasteiger partial charge in [0, 0.05) is 5.69 Å². The number of anilines is 1. The first kappa shape index (κ1) is 22.4. The minimum absolute atomic E-state index is 0.110. The van der Waals surface area contributed by atoms with Crippen LogP contribution in [0.25, 0.3) is 5.57 Å². The fourth-order valence-electron chi connectivity index (χ4n) is 3.99. The Morgan fingerprint density at radius 2 is 1.52 bits per heavy atom. The van der Waals surface area contributed by atoms with Crippen LogP contribution < -0.4 is 4.90 Å². The minimum atomic E-state index is -0.420. The van der Waals surface area contributed by atoms with Gasteiger partial charge in [0.1, 0.15) is 17.4 Å². The van der Waals surface area contributed by atoms with Crippen LogP contribution in [0.4, 0.5) is 14.5 Å². The third kappa shape index (κ3) is 4.86. The van der Waals surface area contributed by atoms with Crippen molar-refractivity contribution in [1.29, 1.82) is 0 Å². The van der Waals surface area contributed by atoms with Crippen molar-refractivity contribution in [2.45, 2.75) is 12.5 Å². The van der Waals surface area contributed by atoms with E-state index in [-0.39, 0.29) is 35.9 Å². The maximum atomic E-state index is 13.4. The van der Waals surface area contributed by atoms with Crippen LogP contribution >= 0.6 is 0 Å². The lowest BCUT2D eigenvalue weighted by Crippen LogP contribution is -2.54. The Morgan fingerprint density at radius 3 is 2.12 bits per heavy atom. The summed E-state index contributed by atoms with van der Waals surface area (Å²) in [5, 5.41) is 19.3. The number of aromatic hydroxyl groups is 1. The number of hydrogen-bond acceptors (Lipinski definition) is 3. The number of benzene rings is 3. The summed E-state index contributed by atoms with van der Waals surface area (Å²) in [7, 11) is 0. The van der Waals surface area contributed by atoms with Gasteiger partial charge in [-0.2, -0.15) is 0 Å². The summed E-state index contributed by atoms with van der Waals surface area (Å²) in [6, 6.07) is 18.0. The van der Waals surface area contributed by atoms with E-state index >= 15 is 0 Å². The fraction of sp³-hybridized carbons (Fsp3) is 0.148. The van der Waals surface area contributed by atoms with E-state index in [1.54, 1.807) is 53.4 Å². The number of β-lactam (4-membered cyclic amide) rings is 1. The van der Waals surface area contributed by atoms with E-state index in [2.05, 4.69) is 0 Å². The number of halogens is 2. The second-order valence-electron chi connectivity index (χ2n) is 7.81. The van der Waals surface area contributed by atoms with Crippen LogP contribution in [0.1, 0.15) is 23.6 Å². The van der Waals surface area contributed by atoms with E-state index in [1.165, 1.54) is 24.3 Å². The highest BCUT2D eigenvalue weighted by Crippen LogP contribution is 2.44. The van der Waals surface area contributed by atoms with Gasteiger partial charge in [0.25, 0.3) is 0 Å². The number of rotatable bonds is 7. The molecule has 168 valence electrons. The lowest BCUT2D eigenvalue weighted by atomic mass is 9.81. The summed E-state index contributed by atoms with van der Waals surface area (Å²) in [5.74, 6) is -1.12.